The predicted molar refractivity (Wildman–Crippen MR) is 115 cm³/mol. The Morgan fingerprint density at radius 3 is 2.68 bits per heavy atom. The van der Waals surface area contributed by atoms with E-state index in [2.05, 4.69) is 20.6 Å². The lowest BCUT2D eigenvalue weighted by Gasteiger charge is -2.11. The van der Waals surface area contributed by atoms with Crippen LogP contribution < -0.4 is 10.6 Å². The fraction of sp³-hybridized carbons (Fsp3) is 0.333. The molecule has 7 heteroatoms. The first-order valence-corrected chi connectivity index (χ1v) is 9.18. The third kappa shape index (κ3) is 8.53. The highest BCUT2D eigenvalue weighted by atomic mass is 127. The number of nitrogens with one attached hydrogen (secondary N) is 2. The standard InChI is InChI=1S/C18H23FN4S.HI/c1-2-20-18(23-13-16-8-5-6-10-21-16)22-11-12-24-14-15-7-3-4-9-17(15)19;/h3-10H,2,11-14H2,1H3,(H2,20,22,23);1H. The Bertz CT molecular complexity index is 640. The molecular formula is C18H24FIN4S. The number of guanidine groups is 1. The summed E-state index contributed by atoms with van der Waals surface area (Å²) in [6, 6.07) is 12.7. The van der Waals surface area contributed by atoms with Crippen LogP contribution in [-0.4, -0.2) is 29.8 Å². The molecule has 4 nitrogen and oxygen atoms in total. The molecule has 1 heterocycles. The second-order valence-corrected chi connectivity index (χ2v) is 6.19. The summed E-state index contributed by atoms with van der Waals surface area (Å²) in [6.07, 6.45) is 1.77. The molecule has 25 heavy (non-hydrogen) atoms. The first-order chi connectivity index (χ1) is 11.8. The number of hydrogen-bond donors (Lipinski definition) is 2. The minimum absolute atomic E-state index is 0. The summed E-state index contributed by atoms with van der Waals surface area (Å²) in [5, 5.41) is 6.50. The SMILES string of the molecule is CCNC(=NCc1ccccn1)NCCSCc1ccccc1F.I. The number of aromatic nitrogens is 1. The lowest BCUT2D eigenvalue weighted by atomic mass is 10.2. The van der Waals surface area contributed by atoms with Crippen molar-refractivity contribution in [3.05, 3.63) is 65.7 Å². The van der Waals surface area contributed by atoms with Gasteiger partial charge in [0.15, 0.2) is 5.96 Å². The van der Waals surface area contributed by atoms with Gasteiger partial charge in [-0.3, -0.25) is 4.98 Å². The molecule has 2 aromatic rings. The molecule has 0 spiro atoms. The average Bonchev–Trinajstić information content (AvgIpc) is 2.61. The molecule has 0 atom stereocenters. The van der Waals surface area contributed by atoms with E-state index < -0.39 is 0 Å². The van der Waals surface area contributed by atoms with Crippen LogP contribution in [0.15, 0.2) is 53.7 Å². The summed E-state index contributed by atoms with van der Waals surface area (Å²) in [5.74, 6) is 2.19. The van der Waals surface area contributed by atoms with Gasteiger partial charge < -0.3 is 10.6 Å². The lowest BCUT2D eigenvalue weighted by molar-refractivity contribution is 0.617. The number of pyridine rings is 1. The summed E-state index contributed by atoms with van der Waals surface area (Å²) in [7, 11) is 0. The third-order valence-electron chi connectivity index (χ3n) is 3.22. The van der Waals surface area contributed by atoms with Crippen LogP contribution in [0.4, 0.5) is 4.39 Å². The molecule has 0 bridgehead atoms. The van der Waals surface area contributed by atoms with Crippen LogP contribution >= 0.6 is 35.7 Å². The van der Waals surface area contributed by atoms with E-state index >= 15 is 0 Å². The highest BCUT2D eigenvalue weighted by molar-refractivity contribution is 14.0. The summed E-state index contributed by atoms with van der Waals surface area (Å²) < 4.78 is 13.5. The Hall–Kier alpha value is -1.35. The van der Waals surface area contributed by atoms with Gasteiger partial charge in [-0.25, -0.2) is 9.38 Å². The van der Waals surface area contributed by atoms with E-state index in [1.54, 1.807) is 24.0 Å². The molecule has 0 saturated heterocycles. The molecular weight excluding hydrogens is 450 g/mol. The van der Waals surface area contributed by atoms with Crippen LogP contribution in [0.2, 0.25) is 0 Å². The molecule has 0 fully saturated rings. The van der Waals surface area contributed by atoms with Crippen molar-refractivity contribution in [2.45, 2.75) is 19.2 Å². The molecule has 0 unspecified atom stereocenters. The molecule has 0 radical (unpaired) electrons. The van der Waals surface area contributed by atoms with Crippen molar-refractivity contribution >= 4 is 41.7 Å². The topological polar surface area (TPSA) is 49.3 Å². The second kappa shape index (κ2) is 12.9. The summed E-state index contributed by atoms with van der Waals surface area (Å²) >= 11 is 1.70. The number of hydrogen-bond acceptors (Lipinski definition) is 3. The van der Waals surface area contributed by atoms with Gasteiger partial charge in [-0.05, 0) is 30.7 Å². The highest BCUT2D eigenvalue weighted by Crippen LogP contribution is 2.14. The first kappa shape index (κ1) is 21.7. The summed E-state index contributed by atoms with van der Waals surface area (Å²) in [4.78, 5) is 8.78. The lowest BCUT2D eigenvalue weighted by Crippen LogP contribution is -2.38. The zero-order valence-electron chi connectivity index (χ0n) is 14.2. The normalized spacial score (nSPS) is 10.9. The van der Waals surface area contributed by atoms with Crippen molar-refractivity contribution in [2.75, 3.05) is 18.8 Å². The molecule has 1 aromatic heterocycles. The number of nitrogens with zero attached hydrogens (tertiary/aromatic N) is 2. The van der Waals surface area contributed by atoms with Crippen LogP contribution in [0.3, 0.4) is 0 Å². The van der Waals surface area contributed by atoms with Gasteiger partial charge in [-0.1, -0.05) is 24.3 Å². The van der Waals surface area contributed by atoms with Crippen molar-refractivity contribution in [1.82, 2.24) is 15.6 Å². The fourth-order valence-corrected chi connectivity index (χ4v) is 2.88. The molecule has 0 aliphatic rings. The highest BCUT2D eigenvalue weighted by Gasteiger charge is 2.01. The van der Waals surface area contributed by atoms with E-state index in [4.69, 9.17) is 0 Å². The summed E-state index contributed by atoms with van der Waals surface area (Å²) in [5.41, 5.74) is 1.68. The van der Waals surface area contributed by atoms with E-state index in [9.17, 15) is 4.39 Å². The number of thioether (sulfide) groups is 1. The molecule has 1 aromatic carbocycles. The molecule has 2 N–H and O–H groups in total. The van der Waals surface area contributed by atoms with Gasteiger partial charge in [0.25, 0.3) is 0 Å². The minimum Gasteiger partial charge on any atom is -0.357 e. The van der Waals surface area contributed by atoms with Crippen LogP contribution in [0.1, 0.15) is 18.2 Å². The smallest absolute Gasteiger partial charge is 0.191 e. The van der Waals surface area contributed by atoms with E-state index in [1.165, 1.54) is 6.07 Å². The van der Waals surface area contributed by atoms with Crippen molar-refractivity contribution in [3.8, 4) is 0 Å². The maximum absolute atomic E-state index is 13.5. The van der Waals surface area contributed by atoms with Gasteiger partial charge >= 0.3 is 0 Å². The quantitative estimate of drug-likeness (QED) is 0.264. The summed E-state index contributed by atoms with van der Waals surface area (Å²) in [6.45, 7) is 4.15. The molecule has 0 saturated carbocycles. The van der Waals surface area contributed by atoms with Gasteiger partial charge in [-0.2, -0.15) is 11.8 Å². The van der Waals surface area contributed by atoms with Gasteiger partial charge in [0.1, 0.15) is 5.82 Å². The van der Waals surface area contributed by atoms with E-state index in [1.807, 2.05) is 37.3 Å². The third-order valence-corrected chi connectivity index (χ3v) is 4.23. The van der Waals surface area contributed by atoms with E-state index in [0.29, 0.717) is 12.3 Å². The molecule has 0 amide bonds. The van der Waals surface area contributed by atoms with Gasteiger partial charge in [0.05, 0.1) is 12.2 Å². The average molecular weight is 474 g/mol. The zero-order valence-corrected chi connectivity index (χ0v) is 17.4. The van der Waals surface area contributed by atoms with Crippen LogP contribution in [0, 0.1) is 5.82 Å². The van der Waals surface area contributed by atoms with Gasteiger partial charge in [0, 0.05) is 30.8 Å². The van der Waals surface area contributed by atoms with Crippen molar-refractivity contribution in [3.63, 3.8) is 0 Å². The fourth-order valence-electron chi connectivity index (χ4n) is 2.03. The maximum atomic E-state index is 13.5. The van der Waals surface area contributed by atoms with Gasteiger partial charge in [0.2, 0.25) is 0 Å². The minimum atomic E-state index is -0.136. The largest absolute Gasteiger partial charge is 0.357 e. The van der Waals surface area contributed by atoms with Crippen LogP contribution in [-0.2, 0) is 12.3 Å². The Kier molecular flexibility index (Phi) is 11.2. The Morgan fingerprint density at radius 2 is 1.96 bits per heavy atom. The molecule has 2 rings (SSSR count). The number of rotatable bonds is 8. The van der Waals surface area contributed by atoms with Crippen molar-refractivity contribution < 1.29 is 4.39 Å². The number of halogens is 2. The zero-order chi connectivity index (χ0) is 17.0. The Labute approximate surface area is 170 Å². The monoisotopic (exact) mass is 474 g/mol. The number of benzene rings is 1. The maximum Gasteiger partial charge on any atom is 0.191 e. The van der Waals surface area contributed by atoms with Crippen molar-refractivity contribution in [1.29, 1.82) is 0 Å². The second-order valence-electron chi connectivity index (χ2n) is 5.09. The first-order valence-electron chi connectivity index (χ1n) is 8.03. The van der Waals surface area contributed by atoms with Crippen molar-refractivity contribution in [2.24, 2.45) is 4.99 Å². The van der Waals surface area contributed by atoms with E-state index in [-0.39, 0.29) is 29.8 Å². The molecule has 136 valence electrons. The van der Waals surface area contributed by atoms with E-state index in [0.717, 1.165) is 36.1 Å². The Balaban J connectivity index is 0.00000312. The molecule has 0 aliphatic carbocycles. The van der Waals surface area contributed by atoms with Gasteiger partial charge in [-0.15, -0.1) is 24.0 Å². The Morgan fingerprint density at radius 1 is 1.16 bits per heavy atom. The van der Waals surface area contributed by atoms with Crippen LogP contribution in [0.5, 0.6) is 0 Å². The number of aliphatic imine (C=N–C) groups is 1. The molecule has 0 aliphatic heterocycles. The predicted octanol–water partition coefficient (Wildman–Crippen LogP) is 3.83. The van der Waals surface area contributed by atoms with Crippen LogP contribution in [0.25, 0.3) is 0 Å².